The maximum atomic E-state index is 13.7. The zero-order valence-corrected chi connectivity index (χ0v) is 28.7. The van der Waals surface area contributed by atoms with Gasteiger partial charge < -0.3 is 15.1 Å². The Morgan fingerprint density at radius 2 is 1.33 bits per heavy atom. The van der Waals surface area contributed by atoms with Gasteiger partial charge in [-0.05, 0) is 56.0 Å². The summed E-state index contributed by atoms with van der Waals surface area (Å²) in [6.45, 7) is 9.14. The van der Waals surface area contributed by atoms with Gasteiger partial charge in [-0.2, -0.15) is 0 Å². The first-order chi connectivity index (χ1) is 23.0. The van der Waals surface area contributed by atoms with Crippen LogP contribution in [0.2, 0.25) is 0 Å². The van der Waals surface area contributed by atoms with Crippen LogP contribution in [0.25, 0.3) is 0 Å². The number of likely N-dealkylation sites (N-methyl/N-ethyl adjacent to an activating group) is 1. The fraction of sp³-hybridized carbons (Fsp3) is 0.425. The summed E-state index contributed by atoms with van der Waals surface area (Å²) in [5.41, 5.74) is 3.55. The summed E-state index contributed by atoms with van der Waals surface area (Å²) in [6, 6.07) is 25.6. The average Bonchev–Trinajstić information content (AvgIpc) is 3.10. The van der Waals surface area contributed by atoms with E-state index < -0.39 is 35.4 Å². The van der Waals surface area contributed by atoms with Crippen molar-refractivity contribution in [1.82, 2.24) is 10.2 Å². The third-order valence-corrected chi connectivity index (χ3v) is 9.35. The van der Waals surface area contributed by atoms with Crippen molar-refractivity contribution in [3.8, 4) is 0 Å². The Morgan fingerprint density at radius 3 is 1.94 bits per heavy atom. The van der Waals surface area contributed by atoms with Crippen molar-refractivity contribution in [2.24, 2.45) is 17.8 Å². The molecule has 3 aromatic rings. The minimum Gasteiger partial charge on any atom is -0.369 e. The van der Waals surface area contributed by atoms with E-state index in [0.29, 0.717) is 18.4 Å². The van der Waals surface area contributed by atoms with Crippen molar-refractivity contribution in [2.75, 3.05) is 38.1 Å². The molecule has 1 fully saturated rings. The van der Waals surface area contributed by atoms with Crippen LogP contribution in [-0.4, -0.2) is 73.2 Å². The molecule has 8 nitrogen and oxygen atoms in total. The van der Waals surface area contributed by atoms with E-state index >= 15 is 0 Å². The Bertz CT molecular complexity index is 1530. The smallest absolute Gasteiger partial charge is 0.224 e. The maximum Gasteiger partial charge on any atom is 0.224 e. The lowest BCUT2D eigenvalue weighted by molar-refractivity contribution is -0.141. The molecule has 0 bridgehead atoms. The number of rotatable bonds is 17. The quantitative estimate of drug-likeness (QED) is 0.155. The highest BCUT2D eigenvalue weighted by molar-refractivity contribution is 6.38. The number of Topliss-reactive ketones (excluding diaryl/α,β-unsaturated/α-hetero) is 4. The van der Waals surface area contributed by atoms with Crippen LogP contribution < -0.4 is 10.2 Å². The van der Waals surface area contributed by atoms with Crippen LogP contribution in [-0.2, 0) is 32.0 Å². The molecule has 1 aliphatic rings. The molecule has 8 heteroatoms. The SMILES string of the molecule is CC(C)[C@H](CC(=O)[C@H](C)NC(=O)[C@@H](CC(=O)c1ccccc1)Cc1ccc(N2CCN(C)CC2)cc1)C(=O)C(=O)CCc1ccccc1. The van der Waals surface area contributed by atoms with E-state index in [4.69, 9.17) is 0 Å². The van der Waals surface area contributed by atoms with Gasteiger partial charge in [0.25, 0.3) is 0 Å². The van der Waals surface area contributed by atoms with Crippen LogP contribution in [0.1, 0.15) is 61.5 Å². The fourth-order valence-electron chi connectivity index (χ4n) is 6.08. The molecule has 3 atom stereocenters. The molecule has 0 saturated carbocycles. The molecule has 1 aliphatic heterocycles. The average molecular weight is 652 g/mol. The standard InChI is InChI=1S/C40H49N3O5/c1-28(2)35(39(47)36(44)20-17-30-11-7-5-8-12-30)27-37(45)29(3)41-40(48)33(26-38(46)32-13-9-6-10-14-32)25-31-15-18-34(19-16-31)43-23-21-42(4)22-24-43/h5-16,18-19,28-29,33,35H,17,20-27H2,1-4H3,(H,41,48)/t29-,33+,35-/m0/s1. The maximum absolute atomic E-state index is 13.7. The largest absolute Gasteiger partial charge is 0.369 e. The highest BCUT2D eigenvalue weighted by atomic mass is 16.2. The summed E-state index contributed by atoms with van der Waals surface area (Å²) < 4.78 is 0. The third kappa shape index (κ3) is 10.5. The van der Waals surface area contributed by atoms with E-state index in [-0.39, 0.29) is 36.7 Å². The van der Waals surface area contributed by atoms with Gasteiger partial charge in [0, 0.05) is 68.5 Å². The normalized spacial score (nSPS) is 15.4. The Balaban J connectivity index is 1.40. The summed E-state index contributed by atoms with van der Waals surface area (Å²) in [5, 5.41) is 2.83. The molecule has 1 heterocycles. The summed E-state index contributed by atoms with van der Waals surface area (Å²) in [6.07, 6.45) is 0.714. The third-order valence-electron chi connectivity index (χ3n) is 9.35. The van der Waals surface area contributed by atoms with Crippen molar-refractivity contribution in [2.45, 2.75) is 58.9 Å². The molecule has 4 rings (SSSR count). The lowest BCUT2D eigenvalue weighted by Gasteiger charge is -2.34. The van der Waals surface area contributed by atoms with Gasteiger partial charge >= 0.3 is 0 Å². The van der Waals surface area contributed by atoms with Crippen molar-refractivity contribution in [3.63, 3.8) is 0 Å². The van der Waals surface area contributed by atoms with Gasteiger partial charge in [-0.25, -0.2) is 0 Å². The highest BCUT2D eigenvalue weighted by Gasteiger charge is 2.32. The number of ketones is 4. The molecule has 0 aromatic heterocycles. The van der Waals surface area contributed by atoms with Gasteiger partial charge in [-0.15, -0.1) is 0 Å². The number of nitrogens with one attached hydrogen (secondary N) is 1. The summed E-state index contributed by atoms with van der Waals surface area (Å²) in [5.74, 6) is -3.60. The van der Waals surface area contributed by atoms with Gasteiger partial charge in [0.15, 0.2) is 17.3 Å². The number of amides is 1. The predicted molar refractivity (Wildman–Crippen MR) is 189 cm³/mol. The second kappa shape index (κ2) is 17.6. The van der Waals surface area contributed by atoms with Crippen LogP contribution in [0.15, 0.2) is 84.9 Å². The van der Waals surface area contributed by atoms with E-state index in [9.17, 15) is 24.0 Å². The van der Waals surface area contributed by atoms with E-state index in [1.165, 1.54) is 0 Å². The molecular formula is C40H49N3O5. The number of hydrogen-bond donors (Lipinski definition) is 1. The van der Waals surface area contributed by atoms with Crippen molar-refractivity contribution >= 4 is 34.7 Å². The molecule has 48 heavy (non-hydrogen) atoms. The van der Waals surface area contributed by atoms with E-state index in [1.54, 1.807) is 31.2 Å². The number of aryl methyl sites for hydroxylation is 1. The van der Waals surface area contributed by atoms with Crippen molar-refractivity contribution < 1.29 is 24.0 Å². The second-order valence-electron chi connectivity index (χ2n) is 13.4. The lowest BCUT2D eigenvalue weighted by Crippen LogP contribution is -2.44. The van der Waals surface area contributed by atoms with Crippen molar-refractivity contribution in [1.29, 1.82) is 0 Å². The molecule has 0 radical (unpaired) electrons. The number of carbonyl (C=O) groups is 5. The number of anilines is 1. The fourth-order valence-corrected chi connectivity index (χ4v) is 6.08. The van der Waals surface area contributed by atoms with Gasteiger partial charge in [-0.1, -0.05) is 86.6 Å². The molecule has 3 aromatic carbocycles. The molecule has 0 unspecified atom stereocenters. The van der Waals surface area contributed by atoms with Gasteiger partial charge in [0.1, 0.15) is 0 Å². The van der Waals surface area contributed by atoms with Gasteiger partial charge in [-0.3, -0.25) is 24.0 Å². The first-order valence-corrected chi connectivity index (χ1v) is 17.1. The van der Waals surface area contributed by atoms with Crippen LogP contribution in [0.3, 0.4) is 0 Å². The zero-order valence-electron chi connectivity index (χ0n) is 28.7. The number of hydrogen-bond acceptors (Lipinski definition) is 7. The lowest BCUT2D eigenvalue weighted by atomic mass is 9.83. The van der Waals surface area contributed by atoms with E-state index in [0.717, 1.165) is 43.0 Å². The van der Waals surface area contributed by atoms with Crippen LogP contribution >= 0.6 is 0 Å². The van der Waals surface area contributed by atoms with E-state index in [1.807, 2.05) is 62.4 Å². The topological polar surface area (TPSA) is 104 Å². The summed E-state index contributed by atoms with van der Waals surface area (Å²) >= 11 is 0. The van der Waals surface area contributed by atoms with Gasteiger partial charge in [0.05, 0.1) is 6.04 Å². The van der Waals surface area contributed by atoms with Crippen LogP contribution in [0, 0.1) is 17.8 Å². The number of piperazine rings is 1. The number of benzene rings is 3. The molecular weight excluding hydrogens is 602 g/mol. The Labute approximate surface area is 284 Å². The number of nitrogens with zero attached hydrogens (tertiary/aromatic N) is 2. The Morgan fingerprint density at radius 1 is 0.729 bits per heavy atom. The van der Waals surface area contributed by atoms with Crippen LogP contribution in [0.5, 0.6) is 0 Å². The second-order valence-corrected chi connectivity index (χ2v) is 13.4. The summed E-state index contributed by atoms with van der Waals surface area (Å²) in [7, 11) is 2.12. The summed E-state index contributed by atoms with van der Waals surface area (Å²) in [4.78, 5) is 71.0. The van der Waals surface area contributed by atoms with Crippen LogP contribution in [0.4, 0.5) is 5.69 Å². The highest BCUT2D eigenvalue weighted by Crippen LogP contribution is 2.23. The monoisotopic (exact) mass is 651 g/mol. The minimum absolute atomic E-state index is 0.0139. The molecule has 1 N–H and O–H groups in total. The number of carbonyl (C=O) groups excluding carboxylic acids is 5. The Hall–Kier alpha value is -4.43. The first-order valence-electron chi connectivity index (χ1n) is 17.1. The zero-order chi connectivity index (χ0) is 34.6. The minimum atomic E-state index is -0.889. The first kappa shape index (κ1) is 36.4. The molecule has 1 saturated heterocycles. The molecule has 0 aliphatic carbocycles. The predicted octanol–water partition coefficient (Wildman–Crippen LogP) is 5.38. The Kier molecular flexibility index (Phi) is 13.4. The molecule has 1 amide bonds. The van der Waals surface area contributed by atoms with E-state index in [2.05, 4.69) is 34.3 Å². The van der Waals surface area contributed by atoms with Crippen molar-refractivity contribution in [3.05, 3.63) is 102 Å². The molecule has 254 valence electrons. The van der Waals surface area contributed by atoms with Gasteiger partial charge in [0.2, 0.25) is 11.7 Å². The molecule has 0 spiro atoms.